The number of anilines is 1. The number of nitrogens with zero attached hydrogens (tertiary/aromatic N) is 1. The van der Waals surface area contributed by atoms with Gasteiger partial charge in [0, 0.05) is 5.69 Å². The van der Waals surface area contributed by atoms with Crippen LogP contribution in [-0.4, -0.2) is 23.3 Å². The SMILES string of the molecule is Cc1cccc(C)c1NC(=O)CNC(=O)c1ccc(C(F)(F)F)nc1C. The van der Waals surface area contributed by atoms with Gasteiger partial charge in [-0.3, -0.25) is 9.59 Å². The zero-order valence-electron chi connectivity index (χ0n) is 14.5. The molecular weight excluding hydrogens is 347 g/mol. The molecule has 8 heteroatoms. The highest BCUT2D eigenvalue weighted by Gasteiger charge is 2.33. The zero-order valence-corrected chi connectivity index (χ0v) is 14.5. The van der Waals surface area contributed by atoms with E-state index in [9.17, 15) is 22.8 Å². The minimum absolute atomic E-state index is 0.0159. The number of pyridine rings is 1. The third-order valence-corrected chi connectivity index (χ3v) is 3.78. The first-order valence-corrected chi connectivity index (χ1v) is 7.78. The normalized spacial score (nSPS) is 11.2. The van der Waals surface area contributed by atoms with Crippen LogP contribution >= 0.6 is 0 Å². The lowest BCUT2D eigenvalue weighted by Gasteiger charge is -2.13. The van der Waals surface area contributed by atoms with Crippen molar-refractivity contribution in [1.82, 2.24) is 10.3 Å². The Kier molecular flexibility index (Phi) is 5.64. The largest absolute Gasteiger partial charge is 0.433 e. The molecule has 1 heterocycles. The van der Waals surface area contributed by atoms with Crippen LogP contribution in [0.2, 0.25) is 0 Å². The predicted molar refractivity (Wildman–Crippen MR) is 90.9 cm³/mol. The minimum Gasteiger partial charge on any atom is -0.343 e. The van der Waals surface area contributed by atoms with Gasteiger partial charge in [0.2, 0.25) is 5.91 Å². The lowest BCUT2D eigenvalue weighted by atomic mass is 10.1. The number of carbonyl (C=O) groups is 2. The van der Waals surface area contributed by atoms with Gasteiger partial charge in [0.1, 0.15) is 5.69 Å². The Morgan fingerprint density at radius 2 is 1.65 bits per heavy atom. The number of aromatic nitrogens is 1. The van der Waals surface area contributed by atoms with Crippen molar-refractivity contribution in [2.24, 2.45) is 0 Å². The molecule has 2 N–H and O–H groups in total. The number of hydrogen-bond donors (Lipinski definition) is 2. The monoisotopic (exact) mass is 365 g/mol. The predicted octanol–water partition coefficient (Wildman–Crippen LogP) is 3.39. The molecule has 0 spiro atoms. The molecule has 26 heavy (non-hydrogen) atoms. The van der Waals surface area contributed by atoms with Crippen molar-refractivity contribution in [3.05, 3.63) is 58.4 Å². The third kappa shape index (κ3) is 4.59. The number of alkyl halides is 3. The number of hydrogen-bond acceptors (Lipinski definition) is 3. The van der Waals surface area contributed by atoms with Crippen LogP contribution in [0, 0.1) is 20.8 Å². The van der Waals surface area contributed by atoms with Crippen molar-refractivity contribution >= 4 is 17.5 Å². The first kappa shape index (κ1) is 19.4. The fraction of sp³-hybridized carbons (Fsp3) is 0.278. The summed E-state index contributed by atoms with van der Waals surface area (Å²) in [6.45, 7) is 4.69. The summed E-state index contributed by atoms with van der Waals surface area (Å²) in [7, 11) is 0. The summed E-state index contributed by atoms with van der Waals surface area (Å²) in [6, 6.07) is 7.34. The maximum atomic E-state index is 12.6. The average molecular weight is 365 g/mol. The maximum Gasteiger partial charge on any atom is 0.433 e. The van der Waals surface area contributed by atoms with E-state index >= 15 is 0 Å². The molecule has 0 radical (unpaired) electrons. The smallest absolute Gasteiger partial charge is 0.343 e. The molecule has 138 valence electrons. The van der Waals surface area contributed by atoms with Crippen LogP contribution in [0.25, 0.3) is 0 Å². The summed E-state index contributed by atoms with van der Waals surface area (Å²) < 4.78 is 37.8. The van der Waals surface area contributed by atoms with Gasteiger partial charge in [0.25, 0.3) is 5.91 Å². The van der Waals surface area contributed by atoms with Crippen molar-refractivity contribution in [3.8, 4) is 0 Å². The molecule has 0 atom stereocenters. The molecule has 2 aromatic rings. The Bertz CT molecular complexity index is 828. The summed E-state index contributed by atoms with van der Waals surface area (Å²) in [5, 5.41) is 5.10. The molecule has 0 aliphatic rings. The fourth-order valence-electron chi connectivity index (χ4n) is 2.41. The number of nitrogens with one attached hydrogen (secondary N) is 2. The summed E-state index contributed by atoms with van der Waals surface area (Å²) in [6.07, 6.45) is -4.58. The van der Waals surface area contributed by atoms with Crippen LogP contribution in [0.1, 0.15) is 32.9 Å². The second-order valence-electron chi connectivity index (χ2n) is 5.82. The van der Waals surface area contributed by atoms with Crippen LogP contribution < -0.4 is 10.6 Å². The molecule has 0 bridgehead atoms. The number of benzene rings is 1. The summed E-state index contributed by atoms with van der Waals surface area (Å²) in [5.74, 6) is -1.10. The van der Waals surface area contributed by atoms with E-state index in [1.807, 2.05) is 32.0 Å². The van der Waals surface area contributed by atoms with Gasteiger partial charge in [-0.05, 0) is 44.0 Å². The average Bonchev–Trinajstić information content (AvgIpc) is 2.55. The first-order valence-electron chi connectivity index (χ1n) is 7.78. The molecule has 0 saturated heterocycles. The van der Waals surface area contributed by atoms with Crippen molar-refractivity contribution < 1.29 is 22.8 Å². The van der Waals surface area contributed by atoms with E-state index in [1.165, 1.54) is 6.92 Å². The van der Waals surface area contributed by atoms with Gasteiger partial charge in [0.15, 0.2) is 0 Å². The second kappa shape index (κ2) is 7.55. The number of halogens is 3. The highest BCUT2D eigenvalue weighted by atomic mass is 19.4. The van der Waals surface area contributed by atoms with Crippen LogP contribution in [0.3, 0.4) is 0 Å². The number of carbonyl (C=O) groups excluding carboxylic acids is 2. The highest BCUT2D eigenvalue weighted by molar-refractivity contribution is 6.00. The van der Waals surface area contributed by atoms with Crippen molar-refractivity contribution in [3.63, 3.8) is 0 Å². The van der Waals surface area contributed by atoms with Crippen molar-refractivity contribution in [2.45, 2.75) is 26.9 Å². The molecule has 0 fully saturated rings. The summed E-state index contributed by atoms with van der Waals surface area (Å²) >= 11 is 0. The first-order chi connectivity index (χ1) is 12.1. The van der Waals surface area contributed by atoms with Crippen LogP contribution in [0.4, 0.5) is 18.9 Å². The Morgan fingerprint density at radius 1 is 1.04 bits per heavy atom. The van der Waals surface area contributed by atoms with Gasteiger partial charge >= 0.3 is 6.18 Å². The van der Waals surface area contributed by atoms with Crippen LogP contribution in [0.15, 0.2) is 30.3 Å². The third-order valence-electron chi connectivity index (χ3n) is 3.78. The molecule has 5 nitrogen and oxygen atoms in total. The lowest BCUT2D eigenvalue weighted by molar-refractivity contribution is -0.141. The van der Waals surface area contributed by atoms with E-state index in [1.54, 1.807) is 0 Å². The Balaban J connectivity index is 2.01. The minimum atomic E-state index is -4.58. The standard InChI is InChI=1S/C18H18F3N3O2/c1-10-5-4-6-11(2)16(10)24-15(25)9-22-17(26)13-7-8-14(18(19,20)21)23-12(13)3/h4-8H,9H2,1-3H3,(H,22,26)(H,24,25). The Hall–Kier alpha value is -2.90. The quantitative estimate of drug-likeness (QED) is 0.872. The summed E-state index contributed by atoms with van der Waals surface area (Å²) in [4.78, 5) is 27.5. The van der Waals surface area contributed by atoms with Crippen LogP contribution in [-0.2, 0) is 11.0 Å². The van der Waals surface area contributed by atoms with E-state index in [2.05, 4.69) is 15.6 Å². The van der Waals surface area contributed by atoms with Gasteiger partial charge in [-0.2, -0.15) is 13.2 Å². The van der Waals surface area contributed by atoms with E-state index < -0.39 is 23.7 Å². The molecule has 0 unspecified atom stereocenters. The lowest BCUT2D eigenvalue weighted by Crippen LogP contribution is -2.33. The molecule has 2 rings (SSSR count). The van der Waals surface area contributed by atoms with Crippen molar-refractivity contribution in [1.29, 1.82) is 0 Å². The van der Waals surface area contributed by atoms with Gasteiger partial charge in [0.05, 0.1) is 17.8 Å². The molecular formula is C18H18F3N3O2. The summed E-state index contributed by atoms with van der Waals surface area (Å²) in [5.41, 5.74) is 1.28. The highest BCUT2D eigenvalue weighted by Crippen LogP contribution is 2.28. The van der Waals surface area contributed by atoms with Crippen molar-refractivity contribution in [2.75, 3.05) is 11.9 Å². The Morgan fingerprint density at radius 3 is 2.19 bits per heavy atom. The second-order valence-corrected chi connectivity index (χ2v) is 5.82. The number of amides is 2. The van der Waals surface area contributed by atoms with E-state index in [0.717, 1.165) is 23.3 Å². The van der Waals surface area contributed by atoms with E-state index in [4.69, 9.17) is 0 Å². The molecule has 0 aliphatic heterocycles. The molecule has 0 aliphatic carbocycles. The number of rotatable bonds is 4. The molecule has 1 aromatic carbocycles. The van der Waals surface area contributed by atoms with Crippen LogP contribution in [0.5, 0.6) is 0 Å². The van der Waals surface area contributed by atoms with Gasteiger partial charge in [-0.25, -0.2) is 4.98 Å². The molecule has 0 saturated carbocycles. The van der Waals surface area contributed by atoms with Gasteiger partial charge in [-0.15, -0.1) is 0 Å². The van der Waals surface area contributed by atoms with Gasteiger partial charge in [-0.1, -0.05) is 18.2 Å². The Labute approximate surface area is 148 Å². The maximum absolute atomic E-state index is 12.6. The molecule has 2 amide bonds. The molecule has 1 aromatic heterocycles. The number of aryl methyl sites for hydroxylation is 3. The zero-order chi connectivity index (χ0) is 19.5. The topological polar surface area (TPSA) is 71.1 Å². The van der Waals surface area contributed by atoms with E-state index in [0.29, 0.717) is 5.69 Å². The number of para-hydroxylation sites is 1. The van der Waals surface area contributed by atoms with E-state index in [-0.39, 0.29) is 17.8 Å². The fourth-order valence-corrected chi connectivity index (χ4v) is 2.41. The van der Waals surface area contributed by atoms with Gasteiger partial charge < -0.3 is 10.6 Å².